The molecule has 6 nitrogen and oxygen atoms in total. The first-order valence-electron chi connectivity index (χ1n) is 23.5. The number of allylic oxidation sites excluding steroid dienone is 2. The Kier molecular flexibility index (Phi) is 9.65. The van der Waals surface area contributed by atoms with Gasteiger partial charge in [0.1, 0.15) is 16.7 Å². The standard InChI is InChI=1S/C63H44N4O2/c1-39(54-35-36-55(65-62(64-54)44-17-7-4-8-18-44)43-27-25-42(26-28-43)41-15-5-3-6-16-41)47-19-9-10-20-49(47)48-32-33-53-50-21-11-13-23-57(50)67(61(53)40(48)2)46-30-34-56-60(38-46)69-63(66-56)45-29-31-52-51-22-12-14-24-58(51)68-59(52)37-45/h3-35,37-39H,36H2,1-2H3. The zero-order valence-corrected chi connectivity index (χ0v) is 38.1. The van der Waals surface area contributed by atoms with Crippen LogP contribution in [0.3, 0.4) is 0 Å². The molecule has 328 valence electrons. The van der Waals surface area contributed by atoms with Gasteiger partial charge in [-0.25, -0.2) is 15.0 Å². The molecule has 4 heterocycles. The predicted octanol–water partition coefficient (Wildman–Crippen LogP) is 16.5. The van der Waals surface area contributed by atoms with Gasteiger partial charge in [-0.15, -0.1) is 0 Å². The maximum Gasteiger partial charge on any atom is 0.227 e. The van der Waals surface area contributed by atoms with Crippen molar-refractivity contribution >= 4 is 66.4 Å². The van der Waals surface area contributed by atoms with Crippen LogP contribution in [0.2, 0.25) is 0 Å². The Morgan fingerprint density at radius 2 is 1.16 bits per heavy atom. The Balaban J connectivity index is 0.883. The van der Waals surface area contributed by atoms with Gasteiger partial charge < -0.3 is 13.4 Å². The summed E-state index contributed by atoms with van der Waals surface area (Å²) < 4.78 is 15.2. The average molecular weight is 889 g/mol. The largest absolute Gasteiger partial charge is 0.456 e. The Hall–Kier alpha value is -8.87. The van der Waals surface area contributed by atoms with Crippen molar-refractivity contribution in [1.82, 2.24) is 9.55 Å². The molecule has 0 fully saturated rings. The highest BCUT2D eigenvalue weighted by molar-refractivity contribution is 6.14. The molecule has 0 saturated heterocycles. The van der Waals surface area contributed by atoms with Crippen molar-refractivity contribution in [3.05, 3.63) is 240 Å². The predicted molar refractivity (Wildman–Crippen MR) is 284 cm³/mol. The number of nitrogens with zero attached hydrogens (tertiary/aromatic N) is 4. The van der Waals surface area contributed by atoms with Gasteiger partial charge in [-0.3, -0.25) is 0 Å². The van der Waals surface area contributed by atoms with E-state index in [9.17, 15) is 0 Å². The van der Waals surface area contributed by atoms with E-state index in [4.69, 9.17) is 23.8 Å². The second kappa shape index (κ2) is 16.5. The van der Waals surface area contributed by atoms with Gasteiger partial charge in [0.15, 0.2) is 11.4 Å². The lowest BCUT2D eigenvalue weighted by Gasteiger charge is -2.20. The topological polar surface area (TPSA) is 68.8 Å². The first-order valence-corrected chi connectivity index (χ1v) is 23.5. The average Bonchev–Trinajstić information content (AvgIpc) is 4.06. The highest BCUT2D eigenvalue weighted by Crippen LogP contribution is 2.42. The van der Waals surface area contributed by atoms with E-state index in [1.165, 1.54) is 44.2 Å². The summed E-state index contributed by atoms with van der Waals surface area (Å²) in [5, 5.41) is 4.56. The minimum Gasteiger partial charge on any atom is -0.456 e. The van der Waals surface area contributed by atoms with E-state index < -0.39 is 0 Å². The van der Waals surface area contributed by atoms with E-state index in [-0.39, 0.29) is 5.92 Å². The van der Waals surface area contributed by atoms with Gasteiger partial charge in [-0.2, -0.15) is 0 Å². The van der Waals surface area contributed by atoms with Crippen molar-refractivity contribution in [2.24, 2.45) is 9.98 Å². The van der Waals surface area contributed by atoms with Crippen LogP contribution in [-0.4, -0.2) is 21.1 Å². The summed E-state index contributed by atoms with van der Waals surface area (Å²) in [6.07, 6.45) is 2.93. The van der Waals surface area contributed by atoms with Crippen LogP contribution in [0.4, 0.5) is 0 Å². The zero-order valence-electron chi connectivity index (χ0n) is 38.1. The molecule has 1 aliphatic rings. The number of amidine groups is 1. The molecule has 1 aliphatic heterocycles. The van der Waals surface area contributed by atoms with Crippen molar-refractivity contribution in [2.75, 3.05) is 0 Å². The van der Waals surface area contributed by atoms with Crippen LogP contribution in [-0.2, 0) is 0 Å². The molecule has 13 rings (SSSR count). The molecule has 69 heavy (non-hydrogen) atoms. The Labute approximate surface area is 398 Å². The van der Waals surface area contributed by atoms with Crippen LogP contribution < -0.4 is 0 Å². The van der Waals surface area contributed by atoms with E-state index in [1.54, 1.807) is 0 Å². The molecule has 0 spiro atoms. The fourth-order valence-electron chi connectivity index (χ4n) is 10.3. The Morgan fingerprint density at radius 3 is 2.00 bits per heavy atom. The van der Waals surface area contributed by atoms with Crippen molar-refractivity contribution in [1.29, 1.82) is 0 Å². The maximum absolute atomic E-state index is 6.57. The van der Waals surface area contributed by atoms with Crippen LogP contribution in [0, 0.1) is 6.92 Å². The number of hydrogen-bond acceptors (Lipinski definition) is 5. The number of oxazole rings is 1. The summed E-state index contributed by atoms with van der Waals surface area (Å²) in [6, 6.07) is 72.3. The highest BCUT2D eigenvalue weighted by Gasteiger charge is 2.23. The summed E-state index contributed by atoms with van der Waals surface area (Å²) in [5.74, 6) is 1.24. The second-order valence-electron chi connectivity index (χ2n) is 17.9. The van der Waals surface area contributed by atoms with Crippen LogP contribution in [0.15, 0.2) is 237 Å². The van der Waals surface area contributed by atoms with Gasteiger partial charge in [0.2, 0.25) is 5.89 Å². The van der Waals surface area contributed by atoms with Crippen molar-refractivity contribution in [3.8, 4) is 39.4 Å². The number of aryl methyl sites for hydroxylation is 1. The molecule has 0 amide bonds. The quantitative estimate of drug-likeness (QED) is 0.153. The maximum atomic E-state index is 6.57. The molecular formula is C63H44N4O2. The summed E-state index contributed by atoms with van der Waals surface area (Å²) in [7, 11) is 0. The van der Waals surface area contributed by atoms with Crippen molar-refractivity contribution in [3.63, 3.8) is 0 Å². The monoisotopic (exact) mass is 888 g/mol. The molecule has 0 aliphatic carbocycles. The molecule has 1 unspecified atom stereocenters. The number of furan rings is 1. The minimum absolute atomic E-state index is 0.0357. The van der Waals surface area contributed by atoms with Gasteiger partial charge in [0.25, 0.3) is 0 Å². The lowest BCUT2D eigenvalue weighted by atomic mass is 9.87. The van der Waals surface area contributed by atoms with E-state index in [2.05, 4.69) is 200 Å². The van der Waals surface area contributed by atoms with Gasteiger partial charge in [0.05, 0.1) is 22.4 Å². The van der Waals surface area contributed by atoms with Crippen molar-refractivity contribution < 1.29 is 8.83 Å². The van der Waals surface area contributed by atoms with E-state index in [0.29, 0.717) is 12.3 Å². The smallest absolute Gasteiger partial charge is 0.227 e. The van der Waals surface area contributed by atoms with Crippen molar-refractivity contribution in [2.45, 2.75) is 26.2 Å². The summed E-state index contributed by atoms with van der Waals surface area (Å²) in [5.41, 5.74) is 18.5. The highest BCUT2D eigenvalue weighted by atomic mass is 16.3. The van der Waals surface area contributed by atoms with E-state index in [1.807, 2.05) is 30.3 Å². The molecule has 9 aromatic carbocycles. The molecule has 0 saturated carbocycles. The van der Waals surface area contributed by atoms with Gasteiger partial charge >= 0.3 is 0 Å². The number of para-hydroxylation sites is 2. The van der Waals surface area contributed by atoms with Gasteiger partial charge in [-0.1, -0.05) is 171 Å². The zero-order chi connectivity index (χ0) is 46.0. The second-order valence-corrected chi connectivity index (χ2v) is 17.9. The lowest BCUT2D eigenvalue weighted by molar-refractivity contribution is 0.619. The minimum atomic E-state index is -0.0357. The normalized spacial score (nSPS) is 13.5. The fraction of sp³-hybridized carbons (Fsp3) is 0.0635. The number of aromatic nitrogens is 2. The molecule has 12 aromatic rings. The third kappa shape index (κ3) is 6.99. The summed E-state index contributed by atoms with van der Waals surface area (Å²) in [6.45, 7) is 4.53. The van der Waals surface area contributed by atoms with Gasteiger partial charge in [0, 0.05) is 56.8 Å². The lowest BCUT2D eigenvalue weighted by Crippen LogP contribution is -2.05. The summed E-state index contributed by atoms with van der Waals surface area (Å²) in [4.78, 5) is 15.6. The number of rotatable bonds is 8. The molecular weight excluding hydrogens is 845 g/mol. The molecule has 0 radical (unpaired) electrons. The molecule has 6 heteroatoms. The van der Waals surface area contributed by atoms with E-state index in [0.717, 1.165) is 83.7 Å². The summed E-state index contributed by atoms with van der Waals surface area (Å²) >= 11 is 0. The number of hydrogen-bond donors (Lipinski definition) is 0. The molecule has 1 atom stereocenters. The third-order valence-electron chi connectivity index (χ3n) is 13.8. The van der Waals surface area contributed by atoms with Crippen LogP contribution in [0.25, 0.3) is 94.2 Å². The number of aliphatic imine (C=N–C) groups is 2. The SMILES string of the molecule is Cc1c(-c2ccccc2C(C)C2=CCC(c3ccc(-c4ccccc4)cc3)=NC(c3ccccc3)=N2)ccc2c3ccccc3n(-c3ccc4nc(-c5ccc6c(c5)oc5ccccc56)oc4c3)c12. The van der Waals surface area contributed by atoms with Gasteiger partial charge in [-0.05, 0) is 88.3 Å². The number of benzene rings is 9. The first kappa shape index (κ1) is 40.4. The van der Waals surface area contributed by atoms with Crippen LogP contribution in [0.5, 0.6) is 0 Å². The van der Waals surface area contributed by atoms with Crippen LogP contribution >= 0.6 is 0 Å². The van der Waals surface area contributed by atoms with E-state index >= 15 is 0 Å². The molecule has 0 N–H and O–H groups in total. The first-order chi connectivity index (χ1) is 34.0. The number of fused-ring (bicyclic) bond motifs is 7. The Morgan fingerprint density at radius 1 is 0.493 bits per heavy atom. The molecule has 0 bridgehead atoms. The van der Waals surface area contributed by atoms with Crippen LogP contribution in [0.1, 0.15) is 41.5 Å². The Bertz CT molecular complexity index is 4060. The third-order valence-corrected chi connectivity index (χ3v) is 13.8. The fourth-order valence-corrected chi connectivity index (χ4v) is 10.3. The molecule has 3 aromatic heterocycles.